The van der Waals surface area contributed by atoms with Crippen LogP contribution in [0.5, 0.6) is 0 Å². The minimum absolute atomic E-state index is 0.0824. The molecule has 2 heterocycles. The number of allylic oxidation sites excluding steroid dienone is 5. The van der Waals surface area contributed by atoms with Crippen LogP contribution in [0.3, 0.4) is 0 Å². The van der Waals surface area contributed by atoms with Gasteiger partial charge in [-0.3, -0.25) is 9.36 Å². The average molecular weight is 326 g/mol. The molecule has 1 atom stereocenters. The Hall–Kier alpha value is -2.40. The van der Waals surface area contributed by atoms with Crippen LogP contribution in [0.1, 0.15) is 20.3 Å². The Balaban J connectivity index is 2.28. The number of hydrogen-bond donors (Lipinski definition) is 1. The maximum atomic E-state index is 12.8. The minimum atomic E-state index is -0.130. The fourth-order valence-electron chi connectivity index (χ4n) is 2.60. The molecule has 3 rings (SSSR count). The average Bonchev–Trinajstić information content (AvgIpc) is 2.86. The zero-order valence-corrected chi connectivity index (χ0v) is 13.9. The maximum absolute atomic E-state index is 12.8. The van der Waals surface area contributed by atoms with Crippen LogP contribution >= 0.6 is 11.3 Å². The lowest BCUT2D eigenvalue weighted by Gasteiger charge is -2.13. The molecular weight excluding hydrogens is 308 g/mol. The summed E-state index contributed by atoms with van der Waals surface area (Å²) in [5.74, 6) is 0.567. The molecule has 0 radical (unpaired) electrons. The van der Waals surface area contributed by atoms with Gasteiger partial charge in [-0.2, -0.15) is 0 Å². The molecular formula is C18H18N2O2S. The quantitative estimate of drug-likeness (QED) is 0.923. The van der Waals surface area contributed by atoms with Crippen LogP contribution in [0, 0.1) is 5.92 Å². The van der Waals surface area contributed by atoms with Crippen molar-refractivity contribution in [1.29, 1.82) is 0 Å². The van der Waals surface area contributed by atoms with Gasteiger partial charge in [-0.15, -0.1) is 11.3 Å². The molecule has 0 amide bonds. The third kappa shape index (κ3) is 2.68. The molecule has 118 valence electrons. The predicted molar refractivity (Wildman–Crippen MR) is 96.7 cm³/mol. The third-order valence-electron chi connectivity index (χ3n) is 3.82. The van der Waals surface area contributed by atoms with E-state index in [4.69, 9.17) is 0 Å². The lowest BCUT2D eigenvalue weighted by atomic mass is 10.0. The molecule has 0 aliphatic heterocycles. The smallest absolute Gasteiger partial charge is 0.275 e. The zero-order valence-electron chi connectivity index (χ0n) is 13.1. The summed E-state index contributed by atoms with van der Waals surface area (Å²) in [7, 11) is 0. The standard InChI is InChI=1S/C18H18N2O2S/c1-4-5-14(21)15-12(3)23-17-16(15)19-10-20(18(17)22)13-8-6-11(2)7-9-13/h4-6,8-11,21H,3,7H2,1-2H3/b5-4-,15-14-. The van der Waals surface area contributed by atoms with Crippen molar-refractivity contribution in [1.82, 2.24) is 9.55 Å². The molecule has 0 saturated carbocycles. The Kier molecular flexibility index (Phi) is 4.05. The van der Waals surface area contributed by atoms with Gasteiger partial charge in [0, 0.05) is 10.2 Å². The molecule has 1 aliphatic carbocycles. The summed E-state index contributed by atoms with van der Waals surface area (Å²) in [6.07, 6.45) is 11.8. The van der Waals surface area contributed by atoms with Gasteiger partial charge in [0.25, 0.3) is 5.56 Å². The van der Waals surface area contributed by atoms with Gasteiger partial charge in [-0.1, -0.05) is 31.7 Å². The molecule has 0 bridgehead atoms. The molecule has 2 aromatic heterocycles. The van der Waals surface area contributed by atoms with E-state index in [1.807, 2.05) is 19.1 Å². The zero-order chi connectivity index (χ0) is 16.6. The molecule has 0 saturated heterocycles. The Bertz CT molecular complexity index is 1020. The predicted octanol–water partition coefficient (Wildman–Crippen LogP) is 2.55. The van der Waals surface area contributed by atoms with Crippen molar-refractivity contribution in [2.45, 2.75) is 20.3 Å². The molecule has 0 fully saturated rings. The van der Waals surface area contributed by atoms with Crippen LogP contribution in [0.25, 0.3) is 28.3 Å². The van der Waals surface area contributed by atoms with E-state index in [1.54, 1.807) is 16.7 Å². The first kappa shape index (κ1) is 15.5. The van der Waals surface area contributed by atoms with E-state index >= 15 is 0 Å². The molecule has 2 aromatic rings. The largest absolute Gasteiger partial charge is 0.507 e. The molecule has 5 heteroatoms. The maximum Gasteiger partial charge on any atom is 0.275 e. The van der Waals surface area contributed by atoms with Gasteiger partial charge < -0.3 is 5.11 Å². The molecule has 0 spiro atoms. The monoisotopic (exact) mass is 326 g/mol. The highest BCUT2D eigenvalue weighted by atomic mass is 32.1. The van der Waals surface area contributed by atoms with E-state index in [1.165, 1.54) is 17.7 Å². The first-order valence-corrected chi connectivity index (χ1v) is 8.28. The second-order valence-corrected chi connectivity index (χ2v) is 6.69. The van der Waals surface area contributed by atoms with Crippen LogP contribution in [0.4, 0.5) is 0 Å². The summed E-state index contributed by atoms with van der Waals surface area (Å²) in [6, 6.07) is 0. The van der Waals surface area contributed by atoms with E-state index < -0.39 is 0 Å². The van der Waals surface area contributed by atoms with Crippen LogP contribution in [0.2, 0.25) is 0 Å². The fourth-order valence-corrected chi connectivity index (χ4v) is 3.58. The van der Waals surface area contributed by atoms with E-state index in [-0.39, 0.29) is 11.3 Å². The highest BCUT2D eigenvalue weighted by Gasteiger charge is 2.13. The number of fused-ring (bicyclic) bond motifs is 1. The molecule has 0 aromatic carbocycles. The number of nitrogens with zero attached hydrogens (tertiary/aromatic N) is 2. The SMILES string of the molecule is C=c1sc2c(=O)n(C3=CCC(C)C=C3)cnc2/c1=C(O)/C=C\C. The van der Waals surface area contributed by atoms with Crippen LogP contribution in [-0.2, 0) is 0 Å². The summed E-state index contributed by atoms with van der Waals surface area (Å²) in [4.78, 5) is 17.2. The fraction of sp³-hybridized carbons (Fsp3) is 0.222. The van der Waals surface area contributed by atoms with Crippen molar-refractivity contribution in [3.63, 3.8) is 0 Å². The van der Waals surface area contributed by atoms with Gasteiger partial charge in [0.2, 0.25) is 0 Å². The van der Waals surface area contributed by atoms with Crippen molar-refractivity contribution < 1.29 is 5.11 Å². The number of aliphatic hydroxyl groups is 1. The van der Waals surface area contributed by atoms with E-state index in [0.717, 1.165) is 12.1 Å². The Morgan fingerprint density at radius 1 is 1.57 bits per heavy atom. The summed E-state index contributed by atoms with van der Waals surface area (Å²) >= 11 is 1.27. The van der Waals surface area contributed by atoms with Crippen LogP contribution in [0.15, 0.2) is 41.5 Å². The third-order valence-corrected chi connectivity index (χ3v) is 4.85. The first-order chi connectivity index (χ1) is 11.0. The highest BCUT2D eigenvalue weighted by molar-refractivity contribution is 7.16. The van der Waals surface area contributed by atoms with Gasteiger partial charge in [0.15, 0.2) is 0 Å². The second-order valence-electron chi connectivity index (χ2n) is 5.58. The Morgan fingerprint density at radius 2 is 2.35 bits per heavy atom. The molecule has 4 nitrogen and oxygen atoms in total. The van der Waals surface area contributed by atoms with E-state index in [9.17, 15) is 9.90 Å². The van der Waals surface area contributed by atoms with Crippen LogP contribution in [-0.4, -0.2) is 14.7 Å². The van der Waals surface area contributed by atoms with Crippen molar-refractivity contribution in [2.75, 3.05) is 0 Å². The molecule has 1 aliphatic rings. The molecule has 1 N–H and O–H groups in total. The van der Waals surface area contributed by atoms with Gasteiger partial charge in [-0.25, -0.2) is 4.98 Å². The van der Waals surface area contributed by atoms with Crippen molar-refractivity contribution in [3.8, 4) is 0 Å². The Morgan fingerprint density at radius 3 is 3.00 bits per heavy atom. The van der Waals surface area contributed by atoms with Crippen molar-refractivity contribution in [3.05, 3.63) is 56.8 Å². The van der Waals surface area contributed by atoms with Gasteiger partial charge in [0.05, 0.1) is 10.7 Å². The van der Waals surface area contributed by atoms with E-state index in [0.29, 0.717) is 25.9 Å². The lowest BCUT2D eigenvalue weighted by Crippen LogP contribution is -2.23. The summed E-state index contributed by atoms with van der Waals surface area (Å²) in [5.41, 5.74) is 1.21. The number of rotatable bonds is 2. The lowest BCUT2D eigenvalue weighted by molar-refractivity contribution is 0.512. The molecule has 23 heavy (non-hydrogen) atoms. The van der Waals surface area contributed by atoms with Crippen molar-refractivity contribution >= 4 is 39.6 Å². The number of aromatic nitrogens is 2. The second kappa shape index (κ2) is 6.01. The van der Waals surface area contributed by atoms with Crippen LogP contribution < -0.4 is 15.3 Å². The summed E-state index contributed by atoms with van der Waals surface area (Å²) in [6.45, 7) is 7.89. The van der Waals surface area contributed by atoms with Gasteiger partial charge >= 0.3 is 0 Å². The molecule has 1 unspecified atom stereocenters. The first-order valence-electron chi connectivity index (χ1n) is 7.46. The number of aliphatic hydroxyl groups excluding tert-OH is 1. The van der Waals surface area contributed by atoms with E-state index in [2.05, 4.69) is 24.6 Å². The van der Waals surface area contributed by atoms with Crippen molar-refractivity contribution in [2.24, 2.45) is 5.92 Å². The topological polar surface area (TPSA) is 55.1 Å². The summed E-state index contributed by atoms with van der Waals surface area (Å²) in [5, 5.41) is 10.7. The summed E-state index contributed by atoms with van der Waals surface area (Å²) < 4.78 is 2.70. The highest BCUT2D eigenvalue weighted by Crippen LogP contribution is 2.18. The normalized spacial score (nSPS) is 19.4. The number of thiophene rings is 1. The number of hydrogen-bond acceptors (Lipinski definition) is 4. The Labute approximate surface area is 137 Å². The minimum Gasteiger partial charge on any atom is -0.507 e. The van der Waals surface area contributed by atoms with Gasteiger partial charge in [-0.05, 0) is 31.4 Å². The van der Waals surface area contributed by atoms with Gasteiger partial charge in [0.1, 0.15) is 16.8 Å².